The van der Waals surface area contributed by atoms with Crippen LogP contribution in [0.4, 0.5) is 0 Å². The minimum atomic E-state index is -0.300. The molecule has 1 amide bonds. The summed E-state index contributed by atoms with van der Waals surface area (Å²) < 4.78 is 10.7. The number of methoxy groups -OCH3 is 1. The van der Waals surface area contributed by atoms with Crippen LogP contribution in [0.25, 0.3) is 11.0 Å². The average Bonchev–Trinajstić information content (AvgIpc) is 3.10. The van der Waals surface area contributed by atoms with Gasteiger partial charge in [-0.1, -0.05) is 0 Å². The molecule has 2 N–H and O–H groups in total. The molecule has 0 unspecified atom stereocenters. The van der Waals surface area contributed by atoms with Gasteiger partial charge in [0, 0.05) is 5.56 Å². The number of carbonyl (C=O) groups excluding carboxylic acids is 1. The summed E-state index contributed by atoms with van der Waals surface area (Å²) in [6, 6.07) is 10.6. The number of carbonyl (C=O) groups is 1. The number of hydrogen-bond acceptors (Lipinski definition) is 5. The molecule has 0 aliphatic rings. The van der Waals surface area contributed by atoms with Gasteiger partial charge in [0.1, 0.15) is 0 Å². The molecule has 2 aromatic carbocycles. The molecule has 1 heterocycles. The molecular weight excluding hydrogens is 320 g/mol. The number of nitrogens with zero attached hydrogens (tertiary/aromatic N) is 2. The Morgan fingerprint density at radius 2 is 2.16 bits per heavy atom. The van der Waals surface area contributed by atoms with Crippen molar-refractivity contribution < 1.29 is 14.3 Å². The molecule has 128 valence electrons. The van der Waals surface area contributed by atoms with Gasteiger partial charge in [0.15, 0.2) is 11.5 Å². The van der Waals surface area contributed by atoms with Gasteiger partial charge in [0.2, 0.25) is 0 Å². The van der Waals surface area contributed by atoms with Gasteiger partial charge < -0.3 is 14.5 Å². The van der Waals surface area contributed by atoms with Gasteiger partial charge in [-0.25, -0.2) is 10.4 Å². The van der Waals surface area contributed by atoms with Gasteiger partial charge in [-0.05, 0) is 48.9 Å². The number of benzene rings is 2. The highest BCUT2D eigenvalue weighted by atomic mass is 16.5. The molecule has 25 heavy (non-hydrogen) atoms. The smallest absolute Gasteiger partial charge is 0.271 e. The van der Waals surface area contributed by atoms with Crippen molar-refractivity contribution in [3.8, 4) is 11.5 Å². The normalized spacial score (nSPS) is 11.0. The molecule has 0 radical (unpaired) electrons. The summed E-state index contributed by atoms with van der Waals surface area (Å²) in [5, 5.41) is 3.99. The highest BCUT2D eigenvalue weighted by Crippen LogP contribution is 2.27. The largest absolute Gasteiger partial charge is 0.493 e. The third-order valence-corrected chi connectivity index (χ3v) is 3.55. The van der Waals surface area contributed by atoms with E-state index in [9.17, 15) is 4.79 Å². The Bertz CT molecular complexity index is 918. The minimum absolute atomic E-state index is 0.300. The number of ether oxygens (including phenoxy) is 2. The van der Waals surface area contributed by atoms with Crippen molar-refractivity contribution in [2.45, 2.75) is 6.92 Å². The highest BCUT2D eigenvalue weighted by Gasteiger charge is 2.07. The molecule has 7 heteroatoms. The number of aromatic nitrogens is 2. The van der Waals surface area contributed by atoms with Crippen LogP contribution >= 0.6 is 0 Å². The molecule has 0 bridgehead atoms. The summed E-state index contributed by atoms with van der Waals surface area (Å²) in [6.07, 6.45) is 3.13. The van der Waals surface area contributed by atoms with Crippen LogP contribution in [0.3, 0.4) is 0 Å². The lowest BCUT2D eigenvalue weighted by Gasteiger charge is -2.09. The van der Waals surface area contributed by atoms with E-state index in [0.717, 1.165) is 16.6 Å². The zero-order valence-corrected chi connectivity index (χ0v) is 13.9. The summed E-state index contributed by atoms with van der Waals surface area (Å²) in [5.74, 6) is 0.978. The first kappa shape index (κ1) is 16.5. The van der Waals surface area contributed by atoms with Crippen molar-refractivity contribution >= 4 is 23.2 Å². The minimum Gasteiger partial charge on any atom is -0.493 e. The third kappa shape index (κ3) is 3.77. The first-order valence-electron chi connectivity index (χ1n) is 7.78. The Hall–Kier alpha value is -3.35. The molecule has 0 aliphatic heterocycles. The molecular formula is C18H18N4O3. The lowest BCUT2D eigenvalue weighted by atomic mass is 10.2. The van der Waals surface area contributed by atoms with E-state index in [1.165, 1.54) is 0 Å². The van der Waals surface area contributed by atoms with E-state index in [4.69, 9.17) is 9.47 Å². The molecule has 3 aromatic rings. The topological polar surface area (TPSA) is 88.6 Å². The monoisotopic (exact) mass is 338 g/mol. The van der Waals surface area contributed by atoms with Crippen molar-refractivity contribution in [2.24, 2.45) is 5.10 Å². The number of amides is 1. The summed E-state index contributed by atoms with van der Waals surface area (Å²) >= 11 is 0. The van der Waals surface area contributed by atoms with Gasteiger partial charge in [-0.2, -0.15) is 5.10 Å². The van der Waals surface area contributed by atoms with E-state index in [1.807, 2.05) is 13.0 Å². The van der Waals surface area contributed by atoms with E-state index in [0.29, 0.717) is 23.7 Å². The molecule has 0 saturated heterocycles. The van der Waals surface area contributed by atoms with Crippen LogP contribution in [-0.4, -0.2) is 35.8 Å². The van der Waals surface area contributed by atoms with Crippen LogP contribution in [0.15, 0.2) is 47.8 Å². The van der Waals surface area contributed by atoms with E-state index in [1.54, 1.807) is 50.0 Å². The zero-order chi connectivity index (χ0) is 17.6. The fourth-order valence-corrected chi connectivity index (χ4v) is 2.35. The second-order valence-corrected chi connectivity index (χ2v) is 5.18. The predicted molar refractivity (Wildman–Crippen MR) is 95.3 cm³/mol. The lowest BCUT2D eigenvalue weighted by Crippen LogP contribution is -2.17. The number of imidazole rings is 1. The Balaban J connectivity index is 1.68. The highest BCUT2D eigenvalue weighted by molar-refractivity contribution is 5.97. The quantitative estimate of drug-likeness (QED) is 0.534. The zero-order valence-electron chi connectivity index (χ0n) is 13.9. The maximum absolute atomic E-state index is 12.2. The fourth-order valence-electron chi connectivity index (χ4n) is 2.35. The summed E-state index contributed by atoms with van der Waals surface area (Å²) in [6.45, 7) is 2.46. The molecule has 0 spiro atoms. The van der Waals surface area contributed by atoms with Gasteiger partial charge in [-0.3, -0.25) is 4.79 Å². The van der Waals surface area contributed by atoms with Crippen LogP contribution in [0, 0.1) is 0 Å². The van der Waals surface area contributed by atoms with Gasteiger partial charge in [0.05, 0.1) is 37.3 Å². The predicted octanol–water partition coefficient (Wildman–Crippen LogP) is 2.73. The van der Waals surface area contributed by atoms with Crippen LogP contribution < -0.4 is 14.9 Å². The SMILES string of the molecule is CCOc1ccc(/C=N/NC(=O)c2ccc3nc[nH]c3c2)cc1OC. The van der Waals surface area contributed by atoms with Gasteiger partial charge >= 0.3 is 0 Å². The average molecular weight is 338 g/mol. The number of hydrazone groups is 1. The van der Waals surface area contributed by atoms with E-state index >= 15 is 0 Å². The van der Waals surface area contributed by atoms with Crippen molar-refractivity contribution in [3.05, 3.63) is 53.9 Å². The maximum atomic E-state index is 12.2. The second kappa shape index (κ2) is 7.48. The molecule has 1 aromatic heterocycles. The Kier molecular flexibility index (Phi) is 4.94. The molecule has 0 saturated carbocycles. The van der Waals surface area contributed by atoms with Crippen LogP contribution in [0.5, 0.6) is 11.5 Å². The third-order valence-electron chi connectivity index (χ3n) is 3.55. The van der Waals surface area contributed by atoms with E-state index in [-0.39, 0.29) is 5.91 Å². The number of aromatic amines is 1. The van der Waals surface area contributed by atoms with Crippen LogP contribution in [-0.2, 0) is 0 Å². The van der Waals surface area contributed by atoms with E-state index < -0.39 is 0 Å². The molecule has 0 aliphatic carbocycles. The number of fused-ring (bicyclic) bond motifs is 1. The van der Waals surface area contributed by atoms with Gasteiger partial charge in [-0.15, -0.1) is 0 Å². The maximum Gasteiger partial charge on any atom is 0.271 e. The summed E-state index contributed by atoms with van der Waals surface area (Å²) in [4.78, 5) is 19.2. The molecule has 3 rings (SSSR count). The summed E-state index contributed by atoms with van der Waals surface area (Å²) in [7, 11) is 1.58. The van der Waals surface area contributed by atoms with Crippen LogP contribution in [0.2, 0.25) is 0 Å². The summed E-state index contributed by atoms with van der Waals surface area (Å²) in [5.41, 5.74) is 5.39. The first-order chi connectivity index (χ1) is 12.2. The lowest BCUT2D eigenvalue weighted by molar-refractivity contribution is 0.0955. The number of hydrogen-bond donors (Lipinski definition) is 2. The Morgan fingerprint density at radius 3 is 2.96 bits per heavy atom. The van der Waals surface area contributed by atoms with Crippen molar-refractivity contribution in [1.29, 1.82) is 0 Å². The molecule has 7 nitrogen and oxygen atoms in total. The van der Waals surface area contributed by atoms with Crippen molar-refractivity contribution in [1.82, 2.24) is 15.4 Å². The standard InChI is InChI=1S/C18H18N4O3/c1-3-25-16-7-4-12(8-17(16)24-2)10-21-22-18(23)13-5-6-14-15(9-13)20-11-19-14/h4-11H,3H2,1-2H3,(H,19,20)(H,22,23)/b21-10+. The second-order valence-electron chi connectivity index (χ2n) is 5.18. The number of H-pyrrole nitrogens is 1. The number of rotatable bonds is 6. The molecule has 0 fully saturated rings. The molecule has 0 atom stereocenters. The van der Waals surface area contributed by atoms with Gasteiger partial charge in [0.25, 0.3) is 5.91 Å². The van der Waals surface area contributed by atoms with Crippen molar-refractivity contribution in [2.75, 3.05) is 13.7 Å². The fraction of sp³-hybridized carbons (Fsp3) is 0.167. The van der Waals surface area contributed by atoms with Crippen molar-refractivity contribution in [3.63, 3.8) is 0 Å². The van der Waals surface area contributed by atoms with Crippen LogP contribution in [0.1, 0.15) is 22.8 Å². The Morgan fingerprint density at radius 1 is 1.28 bits per heavy atom. The van der Waals surface area contributed by atoms with E-state index in [2.05, 4.69) is 20.5 Å². The first-order valence-corrected chi connectivity index (χ1v) is 7.78. The number of nitrogens with one attached hydrogen (secondary N) is 2. The Labute approximate surface area is 144 Å².